The van der Waals surface area contributed by atoms with Crippen molar-refractivity contribution in [1.82, 2.24) is 20.5 Å². The molecule has 3 aromatic rings. The summed E-state index contributed by atoms with van der Waals surface area (Å²) in [6, 6.07) is 13.5. The summed E-state index contributed by atoms with van der Waals surface area (Å²) < 4.78 is 15.1. The number of hydrogen-bond donors (Lipinski definition) is 3. The first-order valence-electron chi connectivity index (χ1n) is 12.0. The third-order valence-electron chi connectivity index (χ3n) is 6.68. The number of benzene rings is 2. The van der Waals surface area contributed by atoms with E-state index in [4.69, 9.17) is 5.73 Å². The predicted octanol–water partition coefficient (Wildman–Crippen LogP) is 2.89. The van der Waals surface area contributed by atoms with Crippen LogP contribution in [-0.4, -0.2) is 62.6 Å². The number of aromatic nitrogens is 1. The van der Waals surface area contributed by atoms with E-state index in [0.29, 0.717) is 23.2 Å². The molecule has 0 aliphatic carbocycles. The van der Waals surface area contributed by atoms with Crippen LogP contribution in [0.15, 0.2) is 42.5 Å². The van der Waals surface area contributed by atoms with Gasteiger partial charge in [-0.25, -0.2) is 4.98 Å². The molecule has 2 aliphatic heterocycles. The molecule has 5 rings (SSSR count). The molecule has 4 N–H and O–H groups in total. The first kappa shape index (κ1) is 23.3. The summed E-state index contributed by atoms with van der Waals surface area (Å²) >= 11 is 0. The van der Waals surface area contributed by atoms with Gasteiger partial charge in [0.05, 0.1) is 0 Å². The van der Waals surface area contributed by atoms with E-state index in [1.165, 1.54) is 5.69 Å². The summed E-state index contributed by atoms with van der Waals surface area (Å²) in [5, 5.41) is 6.25. The number of rotatable bonds is 5. The highest BCUT2D eigenvalue weighted by Crippen LogP contribution is 2.35. The van der Waals surface area contributed by atoms with Crippen molar-refractivity contribution in [3.05, 3.63) is 65.1 Å². The molecule has 2 aromatic carbocycles. The number of piperazine rings is 1. The first-order chi connectivity index (χ1) is 16.9. The quantitative estimate of drug-likeness (QED) is 0.493. The Kier molecular flexibility index (Phi) is 6.40. The second-order valence-corrected chi connectivity index (χ2v) is 9.46. The molecule has 35 heavy (non-hydrogen) atoms. The smallest absolute Gasteiger partial charge is 0.251 e. The molecule has 0 bridgehead atoms. The molecule has 7 nitrogen and oxygen atoms in total. The molecule has 0 atom stereocenters. The van der Waals surface area contributed by atoms with Crippen molar-refractivity contribution in [2.45, 2.75) is 13.0 Å². The molecular weight excluding hydrogens is 443 g/mol. The summed E-state index contributed by atoms with van der Waals surface area (Å²) in [6.07, 6.45) is 0.748. The molecular formula is C27H31FN6O. The highest BCUT2D eigenvalue weighted by atomic mass is 19.1. The van der Waals surface area contributed by atoms with Crippen LogP contribution in [0.4, 0.5) is 15.9 Å². The highest BCUT2D eigenvalue weighted by molar-refractivity contribution is 5.97. The van der Waals surface area contributed by atoms with E-state index in [0.717, 1.165) is 61.4 Å². The van der Waals surface area contributed by atoms with Crippen molar-refractivity contribution >= 4 is 17.4 Å². The Morgan fingerprint density at radius 3 is 2.51 bits per heavy atom. The lowest BCUT2D eigenvalue weighted by atomic mass is 9.93. The van der Waals surface area contributed by atoms with E-state index in [1.54, 1.807) is 12.1 Å². The number of pyridine rings is 1. The van der Waals surface area contributed by atoms with Crippen LogP contribution in [0.2, 0.25) is 0 Å². The Labute approximate surface area is 205 Å². The minimum atomic E-state index is -0.589. The Bertz CT molecular complexity index is 1270. The Morgan fingerprint density at radius 1 is 1.00 bits per heavy atom. The molecule has 0 spiro atoms. The fourth-order valence-corrected chi connectivity index (χ4v) is 4.97. The van der Waals surface area contributed by atoms with Crippen molar-refractivity contribution in [1.29, 1.82) is 0 Å². The van der Waals surface area contributed by atoms with E-state index in [2.05, 4.69) is 37.6 Å². The van der Waals surface area contributed by atoms with Crippen molar-refractivity contribution in [3.63, 3.8) is 0 Å². The van der Waals surface area contributed by atoms with E-state index in [1.807, 2.05) is 32.3 Å². The number of anilines is 2. The lowest BCUT2D eigenvalue weighted by molar-refractivity contribution is 0.0946. The summed E-state index contributed by atoms with van der Waals surface area (Å²) in [5.74, 6) is -0.520. The average Bonchev–Trinajstić information content (AvgIpc) is 2.84. The topological polar surface area (TPSA) is 86.5 Å². The van der Waals surface area contributed by atoms with E-state index >= 15 is 4.39 Å². The van der Waals surface area contributed by atoms with Crippen molar-refractivity contribution in [2.75, 3.05) is 57.5 Å². The van der Waals surface area contributed by atoms with Gasteiger partial charge in [0.15, 0.2) is 0 Å². The third kappa shape index (κ3) is 4.72. The van der Waals surface area contributed by atoms with E-state index in [-0.39, 0.29) is 11.7 Å². The van der Waals surface area contributed by atoms with Gasteiger partial charge in [-0.15, -0.1) is 0 Å². The van der Waals surface area contributed by atoms with Gasteiger partial charge in [0, 0.05) is 61.6 Å². The second kappa shape index (κ2) is 9.64. The van der Waals surface area contributed by atoms with E-state index in [9.17, 15) is 4.79 Å². The number of carbonyl (C=O) groups is 1. The van der Waals surface area contributed by atoms with Crippen LogP contribution in [0.5, 0.6) is 0 Å². The van der Waals surface area contributed by atoms with Gasteiger partial charge < -0.3 is 26.2 Å². The van der Waals surface area contributed by atoms with Gasteiger partial charge in [0.2, 0.25) is 5.95 Å². The average molecular weight is 475 g/mol. The minimum absolute atomic E-state index is 0.0679. The standard InChI is InChI=1S/C27H31FN6O/c1-33(2)16-20-14-17(4-6-24(20)34-11-9-30-10-12-34)22-15-23(26(29)32-25(22)28)18-3-5-21-19(13-18)7-8-31-27(21)35/h3-6,13-15,30H,7-12,16H2,1-2H3,(H2,29,32)(H,31,35). The van der Waals surface area contributed by atoms with Crippen LogP contribution in [0.1, 0.15) is 21.5 Å². The number of nitrogen functional groups attached to an aromatic ring is 1. The molecule has 2 aliphatic rings. The third-order valence-corrected chi connectivity index (χ3v) is 6.68. The number of halogens is 1. The van der Waals surface area contributed by atoms with E-state index < -0.39 is 5.95 Å². The summed E-state index contributed by atoms with van der Waals surface area (Å²) in [6.45, 7) is 5.13. The molecule has 1 aromatic heterocycles. The Morgan fingerprint density at radius 2 is 1.74 bits per heavy atom. The number of amides is 1. The van der Waals surface area contributed by atoms with Gasteiger partial charge in [-0.2, -0.15) is 4.39 Å². The number of nitrogens with zero attached hydrogens (tertiary/aromatic N) is 3. The van der Waals surface area contributed by atoms with Crippen LogP contribution in [0.25, 0.3) is 22.3 Å². The number of nitrogens with one attached hydrogen (secondary N) is 2. The molecule has 0 radical (unpaired) electrons. The lowest BCUT2D eigenvalue weighted by Gasteiger charge is -2.32. The van der Waals surface area contributed by atoms with Crippen LogP contribution < -0.4 is 21.3 Å². The Balaban J connectivity index is 1.56. The molecule has 1 fully saturated rings. The van der Waals surface area contributed by atoms with Gasteiger partial charge in [0.1, 0.15) is 5.82 Å². The zero-order valence-corrected chi connectivity index (χ0v) is 20.2. The maximum Gasteiger partial charge on any atom is 0.251 e. The fraction of sp³-hybridized carbons (Fsp3) is 0.333. The van der Waals surface area contributed by atoms with Gasteiger partial charge >= 0.3 is 0 Å². The van der Waals surface area contributed by atoms with Gasteiger partial charge in [-0.3, -0.25) is 4.79 Å². The number of fused-ring (bicyclic) bond motifs is 1. The summed E-state index contributed by atoms with van der Waals surface area (Å²) in [5.41, 5.74) is 12.8. The molecule has 3 heterocycles. The maximum absolute atomic E-state index is 15.1. The number of nitrogens with two attached hydrogens (primary N) is 1. The zero-order valence-electron chi connectivity index (χ0n) is 20.2. The molecule has 8 heteroatoms. The number of carbonyl (C=O) groups excluding carboxylic acids is 1. The second-order valence-electron chi connectivity index (χ2n) is 9.46. The maximum atomic E-state index is 15.1. The zero-order chi connectivity index (χ0) is 24.5. The minimum Gasteiger partial charge on any atom is -0.383 e. The summed E-state index contributed by atoms with van der Waals surface area (Å²) in [7, 11) is 4.07. The Hall–Kier alpha value is -3.49. The molecule has 182 valence electrons. The van der Waals surface area contributed by atoms with Crippen LogP contribution in [0, 0.1) is 5.95 Å². The number of hydrogen-bond acceptors (Lipinski definition) is 6. The molecule has 1 amide bonds. The van der Waals surface area contributed by atoms with Gasteiger partial charge in [0.25, 0.3) is 5.91 Å². The van der Waals surface area contributed by atoms with Crippen LogP contribution >= 0.6 is 0 Å². The SMILES string of the molecule is CN(C)Cc1cc(-c2cc(-c3ccc4c(c3)CCNC4=O)c(N)nc2F)ccc1N1CCNCC1. The first-order valence-corrected chi connectivity index (χ1v) is 12.0. The van der Waals surface area contributed by atoms with Crippen molar-refractivity contribution < 1.29 is 9.18 Å². The predicted molar refractivity (Wildman–Crippen MR) is 138 cm³/mol. The monoisotopic (exact) mass is 474 g/mol. The van der Waals surface area contributed by atoms with Crippen molar-refractivity contribution in [3.8, 4) is 22.3 Å². The fourth-order valence-electron chi connectivity index (χ4n) is 4.97. The molecule has 1 saturated heterocycles. The normalized spacial score (nSPS) is 15.8. The van der Waals surface area contributed by atoms with Gasteiger partial charge in [-0.05, 0) is 67.0 Å². The van der Waals surface area contributed by atoms with Gasteiger partial charge in [-0.1, -0.05) is 18.2 Å². The van der Waals surface area contributed by atoms with Crippen LogP contribution in [-0.2, 0) is 13.0 Å². The molecule has 0 saturated carbocycles. The highest BCUT2D eigenvalue weighted by Gasteiger charge is 2.20. The van der Waals surface area contributed by atoms with Crippen molar-refractivity contribution in [2.24, 2.45) is 0 Å². The molecule has 0 unspecified atom stereocenters. The van der Waals surface area contributed by atoms with Crippen LogP contribution in [0.3, 0.4) is 0 Å². The lowest BCUT2D eigenvalue weighted by Crippen LogP contribution is -2.44. The summed E-state index contributed by atoms with van der Waals surface area (Å²) in [4.78, 5) is 20.7. The largest absolute Gasteiger partial charge is 0.383 e.